The van der Waals surface area contributed by atoms with Gasteiger partial charge in [0.2, 0.25) is 5.91 Å². The first kappa shape index (κ1) is 16.1. The van der Waals surface area contributed by atoms with Gasteiger partial charge in [-0.1, -0.05) is 16.4 Å². The number of nitrogens with zero attached hydrogens (tertiary/aromatic N) is 5. The number of benzene rings is 1. The van der Waals surface area contributed by atoms with Crippen LogP contribution < -0.4 is 5.32 Å². The molecule has 0 aliphatic carbocycles. The molecule has 3 aromatic heterocycles. The van der Waals surface area contributed by atoms with E-state index in [0.717, 1.165) is 33.5 Å². The zero-order valence-electron chi connectivity index (χ0n) is 14.7. The summed E-state index contributed by atoms with van der Waals surface area (Å²) in [5.41, 5.74) is 3.91. The Morgan fingerprint density at radius 1 is 1.27 bits per heavy atom. The van der Waals surface area contributed by atoms with Gasteiger partial charge in [-0.15, -0.1) is 5.10 Å². The Morgan fingerprint density at radius 2 is 2.12 bits per heavy atom. The summed E-state index contributed by atoms with van der Waals surface area (Å²) in [6.45, 7) is 4.03. The summed E-state index contributed by atoms with van der Waals surface area (Å²) >= 11 is 0. The van der Waals surface area contributed by atoms with E-state index in [9.17, 15) is 4.79 Å². The first-order chi connectivity index (χ1) is 12.5. The number of aryl methyl sites for hydroxylation is 3. The molecule has 0 aliphatic heterocycles. The molecule has 4 aromatic rings. The zero-order valence-corrected chi connectivity index (χ0v) is 14.7. The SMILES string of the molecule is Cc1noc(C)c1-c1ccc2c(ccn2CC(=O)Nc2cn(C)nn2)c1. The van der Waals surface area contributed by atoms with E-state index in [1.807, 2.05) is 42.8 Å². The van der Waals surface area contributed by atoms with Crippen molar-refractivity contribution in [1.29, 1.82) is 0 Å². The van der Waals surface area contributed by atoms with Crippen molar-refractivity contribution < 1.29 is 9.32 Å². The minimum Gasteiger partial charge on any atom is -0.361 e. The largest absolute Gasteiger partial charge is 0.361 e. The Morgan fingerprint density at radius 3 is 2.81 bits per heavy atom. The maximum Gasteiger partial charge on any atom is 0.245 e. The van der Waals surface area contributed by atoms with Crippen molar-refractivity contribution in [2.75, 3.05) is 5.32 Å². The van der Waals surface area contributed by atoms with Crippen LogP contribution in [-0.4, -0.2) is 30.6 Å². The number of anilines is 1. The van der Waals surface area contributed by atoms with E-state index in [4.69, 9.17) is 4.52 Å². The fraction of sp³-hybridized carbons (Fsp3) is 0.222. The summed E-state index contributed by atoms with van der Waals surface area (Å²) < 4.78 is 8.70. The van der Waals surface area contributed by atoms with Gasteiger partial charge in [0.25, 0.3) is 0 Å². The smallest absolute Gasteiger partial charge is 0.245 e. The molecule has 26 heavy (non-hydrogen) atoms. The Hall–Kier alpha value is -3.42. The Labute approximate surface area is 149 Å². The maximum atomic E-state index is 12.2. The van der Waals surface area contributed by atoms with Crippen molar-refractivity contribution in [2.24, 2.45) is 7.05 Å². The molecule has 0 saturated heterocycles. The molecular weight excluding hydrogens is 332 g/mol. The second-order valence-electron chi connectivity index (χ2n) is 6.24. The average Bonchev–Trinajstić information content (AvgIpc) is 3.28. The minimum absolute atomic E-state index is 0.155. The monoisotopic (exact) mass is 350 g/mol. The number of rotatable bonds is 4. The van der Waals surface area contributed by atoms with Gasteiger partial charge in [-0.3, -0.25) is 9.48 Å². The van der Waals surface area contributed by atoms with Gasteiger partial charge in [0, 0.05) is 29.7 Å². The summed E-state index contributed by atoms with van der Waals surface area (Å²) in [4.78, 5) is 12.2. The number of aromatic nitrogens is 5. The second-order valence-corrected chi connectivity index (χ2v) is 6.24. The highest BCUT2D eigenvalue weighted by molar-refractivity contribution is 5.92. The van der Waals surface area contributed by atoms with Crippen molar-refractivity contribution in [2.45, 2.75) is 20.4 Å². The van der Waals surface area contributed by atoms with Crippen LogP contribution in [0.2, 0.25) is 0 Å². The first-order valence-corrected chi connectivity index (χ1v) is 8.19. The van der Waals surface area contributed by atoms with Crippen LogP contribution in [-0.2, 0) is 18.4 Å². The van der Waals surface area contributed by atoms with Gasteiger partial charge >= 0.3 is 0 Å². The molecule has 1 amide bonds. The third-order valence-corrected chi connectivity index (χ3v) is 4.28. The molecular formula is C18H18N6O2. The topological polar surface area (TPSA) is 90.8 Å². The van der Waals surface area contributed by atoms with E-state index in [-0.39, 0.29) is 12.5 Å². The minimum atomic E-state index is -0.155. The van der Waals surface area contributed by atoms with Crippen LogP contribution in [0.15, 0.2) is 41.2 Å². The Balaban J connectivity index is 1.58. The summed E-state index contributed by atoms with van der Waals surface area (Å²) in [6.07, 6.45) is 3.56. The number of hydrogen-bond donors (Lipinski definition) is 1. The summed E-state index contributed by atoms with van der Waals surface area (Å²) in [5.74, 6) is 1.08. The van der Waals surface area contributed by atoms with Crippen LogP contribution >= 0.6 is 0 Å². The number of carbonyl (C=O) groups is 1. The lowest BCUT2D eigenvalue weighted by Crippen LogP contribution is -2.18. The van der Waals surface area contributed by atoms with E-state index in [1.54, 1.807) is 13.2 Å². The predicted octanol–water partition coefficient (Wildman–Crippen LogP) is 2.68. The molecule has 0 unspecified atom stereocenters. The van der Waals surface area contributed by atoms with Crippen molar-refractivity contribution in [3.63, 3.8) is 0 Å². The quantitative estimate of drug-likeness (QED) is 0.611. The van der Waals surface area contributed by atoms with Gasteiger partial charge in [-0.05, 0) is 37.6 Å². The van der Waals surface area contributed by atoms with E-state index < -0.39 is 0 Å². The van der Waals surface area contributed by atoms with Gasteiger partial charge in [0.1, 0.15) is 12.3 Å². The molecule has 4 rings (SSSR count). The lowest BCUT2D eigenvalue weighted by atomic mass is 10.0. The lowest BCUT2D eigenvalue weighted by Gasteiger charge is -2.06. The summed E-state index contributed by atoms with van der Waals surface area (Å²) in [7, 11) is 1.75. The van der Waals surface area contributed by atoms with Crippen LogP contribution in [0.25, 0.3) is 22.0 Å². The van der Waals surface area contributed by atoms with Crippen molar-refractivity contribution in [3.05, 3.63) is 48.1 Å². The molecule has 0 radical (unpaired) electrons. The number of nitrogens with one attached hydrogen (secondary N) is 1. The van der Waals surface area contributed by atoms with Gasteiger partial charge in [0.05, 0.1) is 11.9 Å². The molecule has 8 heteroatoms. The zero-order chi connectivity index (χ0) is 18.3. The lowest BCUT2D eigenvalue weighted by molar-refractivity contribution is -0.116. The number of hydrogen-bond acceptors (Lipinski definition) is 5. The van der Waals surface area contributed by atoms with E-state index in [0.29, 0.717) is 5.82 Å². The normalized spacial score (nSPS) is 11.2. The van der Waals surface area contributed by atoms with Gasteiger partial charge in [-0.2, -0.15) is 0 Å². The van der Waals surface area contributed by atoms with E-state index >= 15 is 0 Å². The molecule has 0 fully saturated rings. The van der Waals surface area contributed by atoms with Gasteiger partial charge in [-0.25, -0.2) is 0 Å². The highest BCUT2D eigenvalue weighted by Crippen LogP contribution is 2.30. The molecule has 0 bridgehead atoms. The maximum absolute atomic E-state index is 12.2. The molecule has 0 saturated carbocycles. The highest BCUT2D eigenvalue weighted by Gasteiger charge is 2.13. The van der Waals surface area contributed by atoms with Crippen LogP contribution in [0.4, 0.5) is 5.82 Å². The summed E-state index contributed by atoms with van der Waals surface area (Å²) in [5, 5.41) is 15.5. The van der Waals surface area contributed by atoms with Crippen molar-refractivity contribution in [3.8, 4) is 11.1 Å². The first-order valence-electron chi connectivity index (χ1n) is 8.19. The number of amides is 1. The average molecular weight is 350 g/mol. The van der Waals surface area contributed by atoms with Gasteiger partial charge in [0.15, 0.2) is 5.82 Å². The molecule has 1 aromatic carbocycles. The van der Waals surface area contributed by atoms with Crippen molar-refractivity contribution >= 4 is 22.6 Å². The molecule has 1 N–H and O–H groups in total. The van der Waals surface area contributed by atoms with Crippen LogP contribution in [0.5, 0.6) is 0 Å². The Bertz CT molecular complexity index is 1080. The molecule has 8 nitrogen and oxygen atoms in total. The van der Waals surface area contributed by atoms with E-state index in [1.165, 1.54) is 4.68 Å². The predicted molar refractivity (Wildman–Crippen MR) is 96.5 cm³/mol. The third kappa shape index (κ3) is 2.85. The van der Waals surface area contributed by atoms with Crippen LogP contribution in [0.3, 0.4) is 0 Å². The number of carbonyl (C=O) groups excluding carboxylic acids is 1. The standard InChI is InChI=1S/C18H18N6O2/c1-11-18(12(2)26-21-11)14-4-5-15-13(8-14)6-7-24(15)10-17(25)19-16-9-23(3)22-20-16/h4-9H,10H2,1-3H3,(H,19,25). The number of fused-ring (bicyclic) bond motifs is 1. The molecule has 3 heterocycles. The molecule has 0 spiro atoms. The van der Waals surface area contributed by atoms with E-state index in [2.05, 4.69) is 26.9 Å². The molecule has 0 atom stereocenters. The molecule has 0 aliphatic rings. The third-order valence-electron chi connectivity index (χ3n) is 4.28. The van der Waals surface area contributed by atoms with Crippen LogP contribution in [0.1, 0.15) is 11.5 Å². The fourth-order valence-electron chi connectivity index (χ4n) is 3.13. The highest BCUT2D eigenvalue weighted by atomic mass is 16.5. The van der Waals surface area contributed by atoms with Crippen molar-refractivity contribution in [1.82, 2.24) is 24.7 Å². The van der Waals surface area contributed by atoms with Gasteiger partial charge < -0.3 is 14.4 Å². The summed E-state index contributed by atoms with van der Waals surface area (Å²) in [6, 6.07) is 8.10. The fourth-order valence-corrected chi connectivity index (χ4v) is 3.13. The second kappa shape index (κ2) is 6.14. The molecule has 132 valence electrons. The Kier molecular flexibility index (Phi) is 3.80. The van der Waals surface area contributed by atoms with Crippen LogP contribution in [0, 0.1) is 13.8 Å².